The molecule has 1 aliphatic rings. The Morgan fingerprint density at radius 2 is 1.97 bits per heavy atom. The highest BCUT2D eigenvalue weighted by Gasteiger charge is 2.33. The number of carbonyl (C=O) groups is 3. The van der Waals surface area contributed by atoms with Crippen LogP contribution in [0.2, 0.25) is 0 Å². The zero-order chi connectivity index (χ0) is 27.3. The lowest BCUT2D eigenvalue weighted by Crippen LogP contribution is -2.60. The van der Waals surface area contributed by atoms with Crippen molar-refractivity contribution in [2.75, 3.05) is 11.9 Å². The van der Waals surface area contributed by atoms with Crippen molar-refractivity contribution in [1.29, 1.82) is 0 Å². The van der Waals surface area contributed by atoms with Crippen LogP contribution in [0.3, 0.4) is 0 Å². The van der Waals surface area contributed by atoms with Crippen molar-refractivity contribution < 1.29 is 14.4 Å². The zero-order valence-corrected chi connectivity index (χ0v) is 22.4. The molecule has 0 aliphatic heterocycles. The van der Waals surface area contributed by atoms with E-state index in [-0.39, 0.29) is 17.5 Å². The fraction of sp³-hybridized carbons (Fsp3) is 0.400. The molecule has 192 valence electrons. The Morgan fingerprint density at radius 3 is 2.54 bits per heavy atom. The molecule has 3 amide bonds. The number of hydrogen-bond acceptors (Lipinski definition) is 6. The van der Waals surface area contributed by atoms with Crippen LogP contribution in [-0.4, -0.2) is 74.0 Å². The van der Waals surface area contributed by atoms with Gasteiger partial charge in [-0.1, -0.05) is 25.6 Å². The molecule has 37 heavy (non-hydrogen) atoms. The highest BCUT2D eigenvalue weighted by Crippen LogP contribution is 2.41. The maximum Gasteiger partial charge on any atom is 0.271 e. The summed E-state index contributed by atoms with van der Waals surface area (Å²) in [6, 6.07) is 7.03. The molecule has 2 aromatic rings. The van der Waals surface area contributed by atoms with E-state index in [9.17, 15) is 14.4 Å². The molecule has 1 aromatic carbocycles. The van der Waals surface area contributed by atoms with Gasteiger partial charge in [-0.25, -0.2) is 9.97 Å². The number of aryl methyl sites for hydroxylation is 1. The van der Waals surface area contributed by atoms with Gasteiger partial charge in [0.1, 0.15) is 29.6 Å². The van der Waals surface area contributed by atoms with Crippen molar-refractivity contribution in [3.8, 4) is 0 Å². The van der Waals surface area contributed by atoms with Crippen molar-refractivity contribution in [1.82, 2.24) is 20.2 Å². The van der Waals surface area contributed by atoms with Gasteiger partial charge < -0.3 is 21.3 Å². The number of rotatable bonds is 12. The molecule has 1 aromatic heterocycles. The highest BCUT2D eigenvalue weighted by molar-refractivity contribution is 6.60. The summed E-state index contributed by atoms with van der Waals surface area (Å²) >= 11 is 0. The van der Waals surface area contributed by atoms with Crippen molar-refractivity contribution in [2.24, 2.45) is 5.73 Å². The Bertz CT molecular complexity index is 1200. The molecule has 0 saturated heterocycles. The number of anilines is 2. The van der Waals surface area contributed by atoms with Crippen LogP contribution in [0, 0.1) is 0 Å². The molecule has 3 rings (SSSR count). The second-order valence-corrected chi connectivity index (χ2v) is 10.4. The van der Waals surface area contributed by atoms with Gasteiger partial charge in [0.2, 0.25) is 11.8 Å². The molecule has 4 N–H and O–H groups in total. The third-order valence-electron chi connectivity index (χ3n) is 6.34. The van der Waals surface area contributed by atoms with Crippen molar-refractivity contribution in [3.05, 3.63) is 59.6 Å². The Labute approximate surface area is 221 Å². The highest BCUT2D eigenvalue weighted by atomic mass is 16.2. The van der Waals surface area contributed by atoms with Crippen molar-refractivity contribution in [2.45, 2.75) is 56.7 Å². The number of amides is 3. The summed E-state index contributed by atoms with van der Waals surface area (Å²) in [7, 11) is 5.65. The van der Waals surface area contributed by atoms with Crippen LogP contribution in [0.1, 0.15) is 60.0 Å². The Morgan fingerprint density at radius 1 is 1.27 bits per heavy atom. The number of nitrogens with zero attached hydrogens (tertiary/aromatic N) is 3. The van der Waals surface area contributed by atoms with E-state index in [0.29, 0.717) is 31.1 Å². The molecule has 1 heterocycles. The first-order valence-electron chi connectivity index (χ1n) is 12.8. The smallest absolute Gasteiger partial charge is 0.271 e. The second kappa shape index (κ2) is 11.7. The molecule has 12 heteroatoms. The Hall–Kier alpha value is -3.56. The zero-order valence-electron chi connectivity index (χ0n) is 22.4. The lowest BCUT2D eigenvalue weighted by Gasteiger charge is -2.39. The van der Waals surface area contributed by atoms with E-state index in [1.54, 1.807) is 6.92 Å². The lowest BCUT2D eigenvalue weighted by molar-refractivity contribution is -0.136. The number of benzene rings is 1. The van der Waals surface area contributed by atoms with Crippen LogP contribution in [0.25, 0.3) is 0 Å². The summed E-state index contributed by atoms with van der Waals surface area (Å²) in [5.41, 5.74) is 9.21. The van der Waals surface area contributed by atoms with Crippen LogP contribution >= 0.6 is 0 Å². The SMILES string of the molecule is BC(B)(B)N(C(=O)C=C)[C@@H](C)C(=O)NCCc1cccc(Nc2nc(C3CC3)c(CC)nc2C(N)=O)c1. The molecular formula is C25H35B3N6O3. The third-order valence-corrected chi connectivity index (χ3v) is 6.34. The molecule has 9 nitrogen and oxygen atoms in total. The molecule has 1 atom stereocenters. The van der Waals surface area contributed by atoms with E-state index in [0.717, 1.165) is 35.5 Å². The summed E-state index contributed by atoms with van der Waals surface area (Å²) in [5.74, 6) is -0.397. The van der Waals surface area contributed by atoms with Gasteiger partial charge in [0, 0.05) is 18.2 Å². The standard InChI is InChI=1S/C25H35B3N6O3/c1-4-18-20(16-9-10-16)33-23(21(32-18)22(29)36)31-17-8-6-7-15(13-17)11-12-30-24(37)14(3)34(19(35)5-2)25(26,27)28/h5-8,13-14,16H,2,4,9-12,26-28H2,1,3H3,(H2,29,36)(H,30,37)(H,31,33)/t14-/m0/s1. The quantitative estimate of drug-likeness (QED) is 0.262. The monoisotopic (exact) mass is 500 g/mol. The van der Waals surface area contributed by atoms with E-state index in [4.69, 9.17) is 10.7 Å². The van der Waals surface area contributed by atoms with Gasteiger partial charge >= 0.3 is 0 Å². The first-order chi connectivity index (χ1) is 17.5. The Balaban J connectivity index is 1.68. The molecule has 1 saturated carbocycles. The minimum absolute atomic E-state index is 0.130. The van der Waals surface area contributed by atoms with Gasteiger partial charge in [0.05, 0.1) is 11.4 Å². The molecule has 0 spiro atoms. The number of hydrogen-bond donors (Lipinski definition) is 3. The topological polar surface area (TPSA) is 130 Å². The maximum atomic E-state index is 12.8. The summed E-state index contributed by atoms with van der Waals surface area (Å²) in [6.07, 6.45) is 4.65. The van der Waals surface area contributed by atoms with E-state index in [1.807, 2.05) is 54.7 Å². The fourth-order valence-electron chi connectivity index (χ4n) is 4.42. The molecule has 1 fully saturated rings. The van der Waals surface area contributed by atoms with Crippen molar-refractivity contribution in [3.63, 3.8) is 0 Å². The summed E-state index contributed by atoms with van der Waals surface area (Å²) < 4.78 is 0. The fourth-order valence-corrected chi connectivity index (χ4v) is 4.42. The number of nitrogens with one attached hydrogen (secondary N) is 2. The maximum absolute atomic E-state index is 12.8. The normalized spacial score (nSPS) is 13.9. The van der Waals surface area contributed by atoms with Gasteiger partial charge in [-0.15, -0.1) is 0 Å². The van der Waals surface area contributed by atoms with Crippen LogP contribution in [0.5, 0.6) is 0 Å². The summed E-state index contributed by atoms with van der Waals surface area (Å²) in [5, 5.41) is 5.62. The molecule has 0 unspecified atom stereocenters. The third kappa shape index (κ3) is 7.02. The minimum Gasteiger partial charge on any atom is -0.364 e. The average Bonchev–Trinajstić information content (AvgIpc) is 3.68. The second-order valence-electron chi connectivity index (χ2n) is 10.4. The number of carbonyl (C=O) groups excluding carboxylic acids is 3. The van der Waals surface area contributed by atoms with Crippen LogP contribution in [-0.2, 0) is 22.4 Å². The summed E-state index contributed by atoms with van der Waals surface area (Å²) in [4.78, 5) is 48.0. The number of nitrogens with two attached hydrogens (primary N) is 1. The average molecular weight is 500 g/mol. The van der Waals surface area contributed by atoms with Gasteiger partial charge in [-0.05, 0) is 61.6 Å². The number of primary amides is 1. The molecule has 1 aliphatic carbocycles. The van der Waals surface area contributed by atoms with Crippen LogP contribution in [0.15, 0.2) is 36.9 Å². The predicted octanol–water partition coefficient (Wildman–Crippen LogP) is -0.669. The summed E-state index contributed by atoms with van der Waals surface area (Å²) in [6.45, 7) is 7.66. The van der Waals surface area contributed by atoms with E-state index >= 15 is 0 Å². The first-order valence-corrected chi connectivity index (χ1v) is 12.8. The van der Waals surface area contributed by atoms with E-state index < -0.39 is 17.2 Å². The van der Waals surface area contributed by atoms with E-state index in [2.05, 4.69) is 22.2 Å². The van der Waals surface area contributed by atoms with Gasteiger partial charge in [-0.3, -0.25) is 14.4 Å². The van der Waals surface area contributed by atoms with Crippen molar-refractivity contribution >= 4 is 52.8 Å². The van der Waals surface area contributed by atoms with Crippen LogP contribution in [0.4, 0.5) is 11.5 Å². The van der Waals surface area contributed by atoms with E-state index in [1.165, 1.54) is 11.0 Å². The van der Waals surface area contributed by atoms with Gasteiger partial charge in [0.15, 0.2) is 11.5 Å². The van der Waals surface area contributed by atoms with Gasteiger partial charge in [0.25, 0.3) is 5.91 Å². The first kappa shape index (κ1) is 28.0. The largest absolute Gasteiger partial charge is 0.364 e. The lowest BCUT2D eigenvalue weighted by atomic mass is 9.48. The molecular weight excluding hydrogens is 465 g/mol. The Kier molecular flexibility index (Phi) is 8.83. The molecule has 0 radical (unpaired) electrons. The minimum atomic E-state index is -0.643. The predicted molar refractivity (Wildman–Crippen MR) is 153 cm³/mol. The van der Waals surface area contributed by atoms with Crippen LogP contribution < -0.4 is 16.4 Å². The number of aromatic nitrogens is 2. The molecule has 0 bridgehead atoms. The van der Waals surface area contributed by atoms with Gasteiger partial charge in [-0.2, -0.15) is 0 Å².